The van der Waals surface area contributed by atoms with Gasteiger partial charge in [0, 0.05) is 13.1 Å². The molecule has 1 heterocycles. The van der Waals surface area contributed by atoms with E-state index in [4.69, 9.17) is 0 Å². The van der Waals surface area contributed by atoms with Gasteiger partial charge in [0.25, 0.3) is 0 Å². The lowest BCUT2D eigenvalue weighted by atomic mass is 9.94. The highest BCUT2D eigenvalue weighted by Crippen LogP contribution is 2.26. The molecule has 0 saturated carbocycles. The van der Waals surface area contributed by atoms with E-state index < -0.39 is 10.0 Å². The van der Waals surface area contributed by atoms with Gasteiger partial charge >= 0.3 is 0 Å². The van der Waals surface area contributed by atoms with Crippen molar-refractivity contribution in [3.05, 3.63) is 107 Å². The summed E-state index contributed by atoms with van der Waals surface area (Å²) in [5, 5.41) is 3.22. The molecule has 1 saturated heterocycles. The van der Waals surface area contributed by atoms with Gasteiger partial charge in [0.2, 0.25) is 15.9 Å². The highest BCUT2D eigenvalue weighted by molar-refractivity contribution is 7.89. The summed E-state index contributed by atoms with van der Waals surface area (Å²) in [6.45, 7) is 2.77. The molecule has 2 atom stereocenters. The van der Waals surface area contributed by atoms with E-state index >= 15 is 0 Å². The molecule has 6 heteroatoms. The van der Waals surface area contributed by atoms with Crippen LogP contribution in [-0.2, 0) is 21.2 Å². The number of carbonyl (C=O) groups is 1. The van der Waals surface area contributed by atoms with E-state index in [1.807, 2.05) is 91.9 Å². The summed E-state index contributed by atoms with van der Waals surface area (Å²) in [4.78, 5) is 13.4. The molecule has 0 aliphatic carbocycles. The summed E-state index contributed by atoms with van der Waals surface area (Å²) in [6, 6.07) is 27.7. The van der Waals surface area contributed by atoms with Crippen molar-refractivity contribution in [3.63, 3.8) is 0 Å². The number of piperidine rings is 1. The number of benzene rings is 3. The zero-order valence-electron chi connectivity index (χ0n) is 20.3. The van der Waals surface area contributed by atoms with Crippen molar-refractivity contribution in [1.29, 1.82) is 0 Å². The highest BCUT2D eigenvalue weighted by Gasteiger charge is 2.33. The van der Waals surface area contributed by atoms with E-state index in [2.05, 4.69) is 5.32 Å². The zero-order chi connectivity index (χ0) is 24.7. The van der Waals surface area contributed by atoms with Crippen LogP contribution in [0.5, 0.6) is 0 Å². The fourth-order valence-electron chi connectivity index (χ4n) is 4.67. The first-order chi connectivity index (χ1) is 16.9. The third-order valence-electron chi connectivity index (χ3n) is 6.69. The standard InChI is InChI=1S/C29H34N2O3S/c1-23-16-18-26(19-17-23)28(25-13-6-3-7-14-25)30-29(32)27-15-8-20-31(22-27)35(33,34)21-9-12-24-10-4-2-5-11-24/h2-7,10-11,13-14,16-19,27-28H,8-9,12,15,20-22H2,1H3,(H,30,32)/t27-,28-/m0/s1. The predicted octanol–water partition coefficient (Wildman–Crippen LogP) is 4.88. The first kappa shape index (κ1) is 25.1. The van der Waals surface area contributed by atoms with Crippen LogP contribution in [0.25, 0.3) is 0 Å². The molecule has 1 amide bonds. The summed E-state index contributed by atoms with van der Waals surface area (Å²) in [5.41, 5.74) is 4.32. The van der Waals surface area contributed by atoms with Crippen LogP contribution in [0.2, 0.25) is 0 Å². The maximum absolute atomic E-state index is 13.4. The fraction of sp³-hybridized carbons (Fsp3) is 0.345. The summed E-state index contributed by atoms with van der Waals surface area (Å²) in [7, 11) is -3.40. The SMILES string of the molecule is Cc1ccc([C@@H](NC(=O)[C@H]2CCCN(S(=O)(=O)CCCc3ccccc3)C2)c2ccccc2)cc1. The molecular weight excluding hydrogens is 456 g/mol. The second-order valence-electron chi connectivity index (χ2n) is 9.37. The Labute approximate surface area is 209 Å². The van der Waals surface area contributed by atoms with Crippen LogP contribution in [-0.4, -0.2) is 37.5 Å². The Bertz CT molecular complexity index is 1200. The van der Waals surface area contributed by atoms with Gasteiger partial charge in [0.1, 0.15) is 0 Å². The number of hydrogen-bond acceptors (Lipinski definition) is 3. The zero-order valence-corrected chi connectivity index (χ0v) is 21.1. The number of hydrogen-bond donors (Lipinski definition) is 1. The molecule has 5 nitrogen and oxygen atoms in total. The van der Waals surface area contributed by atoms with E-state index in [0.29, 0.717) is 25.8 Å². The number of amides is 1. The maximum Gasteiger partial charge on any atom is 0.225 e. The van der Waals surface area contributed by atoms with Crippen molar-refractivity contribution in [1.82, 2.24) is 9.62 Å². The minimum atomic E-state index is -3.40. The van der Waals surface area contributed by atoms with Gasteiger partial charge in [-0.15, -0.1) is 0 Å². The molecule has 3 aromatic carbocycles. The Hall–Kier alpha value is -2.96. The van der Waals surface area contributed by atoms with Gasteiger partial charge in [0.15, 0.2) is 0 Å². The average Bonchev–Trinajstić information content (AvgIpc) is 2.89. The largest absolute Gasteiger partial charge is 0.345 e. The molecule has 0 aromatic heterocycles. The van der Waals surface area contributed by atoms with Crippen molar-refractivity contribution in [2.45, 2.75) is 38.6 Å². The number of nitrogens with zero attached hydrogens (tertiary/aromatic N) is 1. The smallest absolute Gasteiger partial charge is 0.225 e. The van der Waals surface area contributed by atoms with E-state index in [-0.39, 0.29) is 30.2 Å². The Kier molecular flexibility index (Phi) is 8.37. The number of nitrogens with one attached hydrogen (secondary N) is 1. The van der Waals surface area contributed by atoms with Crippen LogP contribution in [0, 0.1) is 12.8 Å². The second kappa shape index (κ2) is 11.6. The number of rotatable bonds is 9. The van der Waals surface area contributed by atoms with Crippen molar-refractivity contribution >= 4 is 15.9 Å². The lowest BCUT2D eigenvalue weighted by Gasteiger charge is -2.32. The molecule has 35 heavy (non-hydrogen) atoms. The molecule has 184 valence electrons. The summed E-state index contributed by atoms with van der Waals surface area (Å²) in [5.74, 6) is -0.348. The first-order valence-electron chi connectivity index (χ1n) is 12.4. The molecule has 1 aliphatic heterocycles. The number of carbonyl (C=O) groups excluding carboxylic acids is 1. The van der Waals surface area contributed by atoms with Crippen LogP contribution in [0.15, 0.2) is 84.9 Å². The number of aryl methyl sites for hydroxylation is 2. The van der Waals surface area contributed by atoms with E-state index in [9.17, 15) is 13.2 Å². The molecular formula is C29H34N2O3S. The summed E-state index contributed by atoms with van der Waals surface area (Å²) >= 11 is 0. The third kappa shape index (κ3) is 6.80. The van der Waals surface area contributed by atoms with Crippen LogP contribution >= 0.6 is 0 Å². The van der Waals surface area contributed by atoms with Gasteiger partial charge < -0.3 is 5.32 Å². The lowest BCUT2D eigenvalue weighted by Crippen LogP contribution is -2.46. The van der Waals surface area contributed by atoms with Crippen molar-refractivity contribution in [3.8, 4) is 0 Å². The number of sulfonamides is 1. The van der Waals surface area contributed by atoms with E-state index in [1.54, 1.807) is 0 Å². The monoisotopic (exact) mass is 490 g/mol. The topological polar surface area (TPSA) is 66.5 Å². The minimum Gasteiger partial charge on any atom is -0.345 e. The highest BCUT2D eigenvalue weighted by atomic mass is 32.2. The van der Waals surface area contributed by atoms with Gasteiger partial charge in [0.05, 0.1) is 17.7 Å². The molecule has 0 spiro atoms. The third-order valence-corrected chi connectivity index (χ3v) is 8.61. The Morgan fingerprint density at radius 1 is 0.943 bits per heavy atom. The van der Waals surface area contributed by atoms with Gasteiger partial charge in [-0.25, -0.2) is 12.7 Å². The Balaban J connectivity index is 1.41. The van der Waals surface area contributed by atoms with Crippen LogP contribution in [0.1, 0.15) is 47.6 Å². The lowest BCUT2D eigenvalue weighted by molar-refractivity contribution is -0.126. The van der Waals surface area contributed by atoms with Gasteiger partial charge in [-0.2, -0.15) is 0 Å². The predicted molar refractivity (Wildman–Crippen MR) is 140 cm³/mol. The van der Waals surface area contributed by atoms with Crippen LogP contribution < -0.4 is 5.32 Å². The van der Waals surface area contributed by atoms with E-state index in [0.717, 1.165) is 28.7 Å². The molecule has 1 N–H and O–H groups in total. The minimum absolute atomic E-state index is 0.0939. The maximum atomic E-state index is 13.4. The normalized spacial score (nSPS) is 17.6. The quantitative estimate of drug-likeness (QED) is 0.465. The molecule has 0 bridgehead atoms. The van der Waals surface area contributed by atoms with Gasteiger partial charge in [-0.1, -0.05) is 90.5 Å². The summed E-state index contributed by atoms with van der Waals surface area (Å²) in [6.07, 6.45) is 2.68. The molecule has 0 unspecified atom stereocenters. The van der Waals surface area contributed by atoms with Crippen molar-refractivity contribution < 1.29 is 13.2 Å². The molecule has 4 rings (SSSR count). The summed E-state index contributed by atoms with van der Waals surface area (Å²) < 4.78 is 27.6. The van der Waals surface area contributed by atoms with Crippen molar-refractivity contribution in [2.24, 2.45) is 5.92 Å². The van der Waals surface area contributed by atoms with Gasteiger partial charge in [-0.05, 0) is 49.3 Å². The van der Waals surface area contributed by atoms with Gasteiger partial charge in [-0.3, -0.25) is 4.79 Å². The van der Waals surface area contributed by atoms with E-state index in [1.165, 1.54) is 4.31 Å². The van der Waals surface area contributed by atoms with Crippen molar-refractivity contribution in [2.75, 3.05) is 18.8 Å². The Morgan fingerprint density at radius 3 is 2.26 bits per heavy atom. The first-order valence-corrected chi connectivity index (χ1v) is 14.0. The second-order valence-corrected chi connectivity index (χ2v) is 11.5. The fourth-order valence-corrected chi connectivity index (χ4v) is 6.25. The Morgan fingerprint density at radius 2 is 1.57 bits per heavy atom. The molecule has 0 radical (unpaired) electrons. The molecule has 1 aliphatic rings. The molecule has 1 fully saturated rings. The average molecular weight is 491 g/mol. The van der Waals surface area contributed by atoms with Crippen LogP contribution in [0.3, 0.4) is 0 Å². The molecule has 3 aromatic rings. The van der Waals surface area contributed by atoms with Crippen LogP contribution in [0.4, 0.5) is 0 Å².